The van der Waals surface area contributed by atoms with E-state index >= 15 is 0 Å². The van der Waals surface area contributed by atoms with Crippen molar-refractivity contribution in [1.82, 2.24) is 4.72 Å². The van der Waals surface area contributed by atoms with E-state index in [4.69, 9.17) is 21.1 Å². The van der Waals surface area contributed by atoms with E-state index in [1.165, 1.54) is 32.4 Å². The number of carbonyl (C=O) groups excluding carboxylic acids is 2. The molecule has 154 valence electrons. The number of rotatable bonds is 8. The highest BCUT2D eigenvalue weighted by molar-refractivity contribution is 7.89. The van der Waals surface area contributed by atoms with Crippen LogP contribution in [0.3, 0.4) is 0 Å². The molecule has 0 aliphatic heterocycles. The Hall–Kier alpha value is -2.88. The predicted octanol–water partition coefficient (Wildman–Crippen LogP) is 2.45. The normalized spacial score (nSPS) is 11.3. The molecule has 8 nitrogen and oxygen atoms in total. The maximum absolute atomic E-state index is 12.1. The molecule has 10 heteroatoms. The SMILES string of the molecule is CNS(=O)(=O)c1cc(/C=C/C(=O)OCC(=O)Nc2cccc(Cl)c2)ccc1OC. The Labute approximate surface area is 173 Å². The molecule has 0 fully saturated rings. The van der Waals surface area contributed by atoms with E-state index in [0.29, 0.717) is 16.3 Å². The first-order chi connectivity index (χ1) is 13.7. The number of hydrogen-bond donors (Lipinski definition) is 2. The molecule has 0 bridgehead atoms. The van der Waals surface area contributed by atoms with Crippen molar-refractivity contribution in [3.05, 3.63) is 59.1 Å². The lowest BCUT2D eigenvalue weighted by Crippen LogP contribution is -2.20. The summed E-state index contributed by atoms with van der Waals surface area (Å²) in [6.45, 7) is -0.488. The van der Waals surface area contributed by atoms with Gasteiger partial charge in [0.05, 0.1) is 7.11 Å². The van der Waals surface area contributed by atoms with Gasteiger partial charge in [-0.2, -0.15) is 0 Å². The first kappa shape index (κ1) is 22.4. The number of ether oxygens (including phenoxy) is 2. The van der Waals surface area contributed by atoms with Crippen LogP contribution in [0, 0.1) is 0 Å². The average molecular weight is 439 g/mol. The van der Waals surface area contributed by atoms with Gasteiger partial charge in [-0.25, -0.2) is 17.9 Å². The Morgan fingerprint density at radius 3 is 2.59 bits per heavy atom. The molecule has 2 rings (SSSR count). The molecule has 0 aliphatic carbocycles. The number of sulfonamides is 1. The summed E-state index contributed by atoms with van der Waals surface area (Å²) in [5.41, 5.74) is 0.908. The number of carbonyl (C=O) groups is 2. The van der Waals surface area contributed by atoms with Gasteiger partial charge in [0.25, 0.3) is 5.91 Å². The van der Waals surface area contributed by atoms with E-state index in [0.717, 1.165) is 6.08 Å². The molecule has 2 aromatic carbocycles. The zero-order valence-corrected chi connectivity index (χ0v) is 17.2. The van der Waals surface area contributed by atoms with E-state index in [1.54, 1.807) is 30.3 Å². The van der Waals surface area contributed by atoms with E-state index in [-0.39, 0.29) is 10.6 Å². The van der Waals surface area contributed by atoms with Gasteiger partial charge in [0.15, 0.2) is 6.61 Å². The third kappa shape index (κ3) is 6.60. The summed E-state index contributed by atoms with van der Waals surface area (Å²) in [7, 11) is -1.11. The quantitative estimate of drug-likeness (QED) is 0.483. The summed E-state index contributed by atoms with van der Waals surface area (Å²) in [4.78, 5) is 23.6. The molecule has 29 heavy (non-hydrogen) atoms. The number of anilines is 1. The predicted molar refractivity (Wildman–Crippen MR) is 109 cm³/mol. The molecule has 0 heterocycles. The Morgan fingerprint density at radius 1 is 1.17 bits per heavy atom. The first-order valence-corrected chi connectivity index (χ1v) is 10.1. The molecule has 1 amide bonds. The summed E-state index contributed by atoms with van der Waals surface area (Å²) in [6.07, 6.45) is 2.45. The lowest BCUT2D eigenvalue weighted by atomic mass is 10.2. The van der Waals surface area contributed by atoms with Crippen molar-refractivity contribution < 1.29 is 27.5 Å². The second-order valence-corrected chi connectivity index (χ2v) is 7.91. The van der Waals surface area contributed by atoms with Gasteiger partial charge in [-0.1, -0.05) is 23.7 Å². The van der Waals surface area contributed by atoms with E-state index in [1.807, 2.05) is 0 Å². The van der Waals surface area contributed by atoms with Gasteiger partial charge < -0.3 is 14.8 Å². The highest BCUT2D eigenvalue weighted by Gasteiger charge is 2.17. The zero-order chi connectivity index (χ0) is 21.4. The van der Waals surface area contributed by atoms with Crippen molar-refractivity contribution in [2.75, 3.05) is 26.1 Å². The number of esters is 1. The van der Waals surface area contributed by atoms with Gasteiger partial charge in [-0.3, -0.25) is 4.79 Å². The monoisotopic (exact) mass is 438 g/mol. The van der Waals surface area contributed by atoms with Crippen molar-refractivity contribution in [1.29, 1.82) is 0 Å². The standard InChI is InChI=1S/C19H19ClN2O6S/c1-21-29(25,26)17-10-13(6-8-16(17)27-2)7-9-19(24)28-12-18(23)22-15-5-3-4-14(20)11-15/h3-11,21H,12H2,1-2H3,(H,22,23)/b9-7+. The third-order valence-corrected chi connectivity index (χ3v) is 5.28. The molecular weight excluding hydrogens is 420 g/mol. The molecule has 0 aliphatic rings. The molecule has 0 saturated heterocycles. The maximum atomic E-state index is 12.1. The Morgan fingerprint density at radius 2 is 1.93 bits per heavy atom. The van der Waals surface area contributed by atoms with E-state index in [2.05, 4.69) is 10.0 Å². The van der Waals surface area contributed by atoms with Crippen molar-refractivity contribution in [3.8, 4) is 5.75 Å². The van der Waals surface area contributed by atoms with Crippen LogP contribution in [0.2, 0.25) is 5.02 Å². The van der Waals surface area contributed by atoms with Gasteiger partial charge in [0.1, 0.15) is 10.6 Å². The lowest BCUT2D eigenvalue weighted by Gasteiger charge is -2.09. The van der Waals surface area contributed by atoms with Crippen LogP contribution in [-0.4, -0.2) is 41.1 Å². The molecule has 0 spiro atoms. The fraction of sp³-hybridized carbons (Fsp3) is 0.158. The Kier molecular flexibility index (Phi) is 7.77. The number of benzene rings is 2. The molecule has 0 atom stereocenters. The van der Waals surface area contributed by atoms with Crippen molar-refractivity contribution in [2.24, 2.45) is 0 Å². The maximum Gasteiger partial charge on any atom is 0.331 e. The van der Waals surface area contributed by atoms with Crippen LogP contribution in [0.1, 0.15) is 5.56 Å². The third-order valence-electron chi connectivity index (χ3n) is 3.61. The van der Waals surface area contributed by atoms with Gasteiger partial charge in [-0.05, 0) is 49.0 Å². The molecular formula is C19H19ClN2O6S. The van der Waals surface area contributed by atoms with Gasteiger partial charge >= 0.3 is 5.97 Å². The fourth-order valence-corrected chi connectivity index (χ4v) is 3.35. The summed E-state index contributed by atoms with van der Waals surface area (Å²) in [5.74, 6) is -1.13. The van der Waals surface area contributed by atoms with Gasteiger partial charge in [-0.15, -0.1) is 0 Å². The summed E-state index contributed by atoms with van der Waals surface area (Å²) < 4.78 is 36.2. The van der Waals surface area contributed by atoms with Crippen molar-refractivity contribution in [2.45, 2.75) is 4.90 Å². The Balaban J connectivity index is 1.98. The Bertz CT molecular complexity index is 1040. The smallest absolute Gasteiger partial charge is 0.331 e. The number of hydrogen-bond acceptors (Lipinski definition) is 6. The largest absolute Gasteiger partial charge is 0.495 e. The van der Waals surface area contributed by atoms with Crippen molar-refractivity contribution in [3.63, 3.8) is 0 Å². The van der Waals surface area contributed by atoms with Crippen LogP contribution in [0.5, 0.6) is 5.75 Å². The highest BCUT2D eigenvalue weighted by atomic mass is 35.5. The van der Waals surface area contributed by atoms with Crippen LogP contribution in [-0.2, 0) is 24.3 Å². The second-order valence-electron chi connectivity index (χ2n) is 5.62. The van der Waals surface area contributed by atoms with Crippen molar-refractivity contribution >= 4 is 45.3 Å². The van der Waals surface area contributed by atoms with Gasteiger partial charge in [0, 0.05) is 16.8 Å². The number of nitrogens with one attached hydrogen (secondary N) is 2. The van der Waals surface area contributed by atoms with E-state index in [9.17, 15) is 18.0 Å². The molecule has 2 aromatic rings. The number of halogens is 1. The van der Waals surface area contributed by atoms with Crippen LogP contribution >= 0.6 is 11.6 Å². The molecule has 0 aromatic heterocycles. The summed E-state index contributed by atoms with van der Waals surface area (Å²) in [5, 5.41) is 3.00. The average Bonchev–Trinajstić information content (AvgIpc) is 2.70. The number of methoxy groups -OCH3 is 1. The molecule has 0 unspecified atom stereocenters. The first-order valence-electron chi connectivity index (χ1n) is 8.27. The fourth-order valence-electron chi connectivity index (χ4n) is 2.23. The van der Waals surface area contributed by atoms with Crippen LogP contribution in [0.15, 0.2) is 53.4 Å². The summed E-state index contributed by atoms with van der Waals surface area (Å²) >= 11 is 5.83. The molecule has 0 radical (unpaired) electrons. The minimum absolute atomic E-state index is 0.0704. The topological polar surface area (TPSA) is 111 Å². The number of amides is 1. The highest BCUT2D eigenvalue weighted by Crippen LogP contribution is 2.25. The second kappa shape index (κ2) is 10.1. The van der Waals surface area contributed by atoms with Crippen LogP contribution in [0.25, 0.3) is 6.08 Å². The minimum Gasteiger partial charge on any atom is -0.495 e. The molecule has 0 saturated carbocycles. The molecule has 2 N–H and O–H groups in total. The van der Waals surface area contributed by atoms with E-state index < -0.39 is 28.5 Å². The minimum atomic E-state index is -3.74. The zero-order valence-electron chi connectivity index (χ0n) is 15.6. The van der Waals surface area contributed by atoms with Crippen LogP contribution in [0.4, 0.5) is 5.69 Å². The van der Waals surface area contributed by atoms with Crippen LogP contribution < -0.4 is 14.8 Å². The lowest BCUT2D eigenvalue weighted by molar-refractivity contribution is -0.142. The summed E-state index contributed by atoms with van der Waals surface area (Å²) in [6, 6.07) is 10.9. The van der Waals surface area contributed by atoms with Gasteiger partial charge in [0.2, 0.25) is 10.0 Å².